The van der Waals surface area contributed by atoms with E-state index in [2.05, 4.69) is 37.9 Å². The van der Waals surface area contributed by atoms with Crippen molar-refractivity contribution in [3.63, 3.8) is 0 Å². The molecule has 0 saturated carbocycles. The minimum atomic E-state index is -0.816. The van der Waals surface area contributed by atoms with Crippen LogP contribution in [0.1, 0.15) is 60.3 Å². The highest BCUT2D eigenvalue weighted by atomic mass is 16.3. The topological polar surface area (TPSA) is 72.9 Å². The molecule has 2 saturated heterocycles. The van der Waals surface area contributed by atoms with E-state index in [-0.39, 0.29) is 29.6 Å². The molecule has 2 fully saturated rings. The number of nitrogens with zero attached hydrogens (tertiary/aromatic N) is 2. The number of aliphatic hydroxyl groups excluding tert-OH is 1. The lowest BCUT2D eigenvalue weighted by molar-refractivity contribution is -0.141. The van der Waals surface area contributed by atoms with E-state index < -0.39 is 5.54 Å². The summed E-state index contributed by atoms with van der Waals surface area (Å²) in [4.78, 5) is 29.0. The molecule has 2 N–H and O–H groups in total. The average Bonchev–Trinajstić information content (AvgIpc) is 2.62. The van der Waals surface area contributed by atoms with Crippen LogP contribution in [-0.4, -0.2) is 63.2 Å². The molecule has 0 radical (unpaired) electrons. The second-order valence-electron chi connectivity index (χ2n) is 8.18. The number of hydrogen-bond donors (Lipinski definition) is 2. The first kappa shape index (κ1) is 18.2. The third-order valence-electron chi connectivity index (χ3n) is 5.23. The maximum absolute atomic E-state index is 13.0. The summed E-state index contributed by atoms with van der Waals surface area (Å²) in [7, 11) is 0. The third kappa shape index (κ3) is 3.11. The highest BCUT2D eigenvalue weighted by molar-refractivity contribution is 6.07. The van der Waals surface area contributed by atoms with Crippen LogP contribution in [0.4, 0.5) is 4.79 Å². The Morgan fingerprint density at radius 3 is 2.13 bits per heavy atom. The van der Waals surface area contributed by atoms with Gasteiger partial charge in [-0.2, -0.15) is 0 Å². The number of carbonyl (C=O) groups is 2. The van der Waals surface area contributed by atoms with Gasteiger partial charge in [0.1, 0.15) is 5.54 Å². The summed E-state index contributed by atoms with van der Waals surface area (Å²) in [6, 6.07) is -0.259. The maximum atomic E-state index is 13.0. The molecule has 0 unspecified atom stereocenters. The largest absolute Gasteiger partial charge is 0.395 e. The number of amides is 3. The van der Waals surface area contributed by atoms with Crippen molar-refractivity contribution in [1.82, 2.24) is 15.1 Å². The summed E-state index contributed by atoms with van der Waals surface area (Å²) >= 11 is 0. The number of aliphatic hydroxyl groups is 1. The molecule has 132 valence electrons. The Balaban J connectivity index is 2.30. The van der Waals surface area contributed by atoms with E-state index in [1.165, 1.54) is 4.90 Å². The van der Waals surface area contributed by atoms with Gasteiger partial charge in [-0.1, -0.05) is 13.3 Å². The van der Waals surface area contributed by atoms with Crippen molar-refractivity contribution in [3.8, 4) is 0 Å². The Hall–Kier alpha value is -1.14. The number of unbranched alkanes of at least 4 members (excludes halogenated alkanes) is 1. The first-order valence-corrected chi connectivity index (χ1v) is 8.62. The lowest BCUT2D eigenvalue weighted by atomic mass is 9.69. The molecule has 0 aromatic rings. The second kappa shape index (κ2) is 6.06. The molecule has 23 heavy (non-hydrogen) atoms. The predicted molar refractivity (Wildman–Crippen MR) is 89.1 cm³/mol. The number of nitrogens with one attached hydrogen (secondary N) is 1. The van der Waals surface area contributed by atoms with Gasteiger partial charge in [0.25, 0.3) is 5.91 Å². The van der Waals surface area contributed by atoms with Crippen LogP contribution in [0.3, 0.4) is 0 Å². The van der Waals surface area contributed by atoms with Crippen molar-refractivity contribution >= 4 is 11.9 Å². The minimum absolute atomic E-state index is 0.0826. The van der Waals surface area contributed by atoms with E-state index in [0.717, 1.165) is 12.8 Å². The van der Waals surface area contributed by atoms with Gasteiger partial charge in [0, 0.05) is 24.2 Å². The molecule has 6 heteroatoms. The number of β-amino-alcohol motifs (C(OH)–C–C–N with tert-alkyl or cyclic N) is 1. The van der Waals surface area contributed by atoms with Crippen LogP contribution < -0.4 is 5.32 Å². The van der Waals surface area contributed by atoms with Gasteiger partial charge in [-0.3, -0.25) is 14.6 Å². The van der Waals surface area contributed by atoms with Crippen LogP contribution in [0, 0.1) is 0 Å². The van der Waals surface area contributed by atoms with Gasteiger partial charge >= 0.3 is 6.03 Å². The summed E-state index contributed by atoms with van der Waals surface area (Å²) in [6.45, 7) is 11.5. The summed E-state index contributed by atoms with van der Waals surface area (Å²) < 4.78 is 0. The van der Waals surface area contributed by atoms with Crippen LogP contribution in [0.2, 0.25) is 0 Å². The van der Waals surface area contributed by atoms with Crippen molar-refractivity contribution in [2.75, 3.05) is 19.7 Å². The Labute approximate surface area is 139 Å². The van der Waals surface area contributed by atoms with Crippen LogP contribution >= 0.6 is 0 Å². The molecule has 0 aliphatic carbocycles. The molecule has 2 heterocycles. The molecule has 0 bridgehead atoms. The molecule has 3 amide bonds. The summed E-state index contributed by atoms with van der Waals surface area (Å²) in [5.74, 6) is -0.0826. The number of hydrogen-bond acceptors (Lipinski definition) is 4. The molecule has 1 spiro atoms. The van der Waals surface area contributed by atoms with E-state index in [0.29, 0.717) is 25.9 Å². The summed E-state index contributed by atoms with van der Waals surface area (Å²) in [5, 5.41) is 12.4. The number of rotatable bonds is 5. The zero-order valence-electron chi connectivity index (χ0n) is 15.1. The molecular weight excluding hydrogens is 294 g/mol. The normalized spacial score (nSPS) is 25.9. The summed E-state index contributed by atoms with van der Waals surface area (Å²) in [6.07, 6.45) is 2.91. The van der Waals surface area contributed by atoms with Crippen LogP contribution in [-0.2, 0) is 4.79 Å². The second-order valence-corrected chi connectivity index (χ2v) is 8.18. The Morgan fingerprint density at radius 1 is 1.09 bits per heavy atom. The van der Waals surface area contributed by atoms with Gasteiger partial charge in [0.05, 0.1) is 6.61 Å². The fourth-order valence-corrected chi connectivity index (χ4v) is 4.69. The van der Waals surface area contributed by atoms with Crippen LogP contribution in [0.15, 0.2) is 0 Å². The van der Waals surface area contributed by atoms with E-state index in [4.69, 9.17) is 0 Å². The van der Waals surface area contributed by atoms with E-state index in [1.807, 2.05) is 6.92 Å². The van der Waals surface area contributed by atoms with E-state index >= 15 is 0 Å². The Kier molecular flexibility index (Phi) is 4.79. The van der Waals surface area contributed by atoms with Crippen molar-refractivity contribution in [1.29, 1.82) is 0 Å². The first-order chi connectivity index (χ1) is 10.6. The van der Waals surface area contributed by atoms with Gasteiger partial charge in [-0.25, -0.2) is 4.79 Å². The number of urea groups is 1. The lowest BCUT2D eigenvalue weighted by Crippen LogP contribution is -2.70. The fraction of sp³-hybridized carbons (Fsp3) is 0.882. The van der Waals surface area contributed by atoms with Gasteiger partial charge in [-0.05, 0) is 47.0 Å². The van der Waals surface area contributed by atoms with Crippen LogP contribution in [0.25, 0.3) is 0 Å². The molecule has 2 aliphatic heterocycles. The van der Waals surface area contributed by atoms with Crippen molar-refractivity contribution < 1.29 is 14.7 Å². The zero-order chi connectivity index (χ0) is 17.5. The third-order valence-corrected chi connectivity index (χ3v) is 5.23. The highest BCUT2D eigenvalue weighted by Gasteiger charge is 2.60. The molecule has 2 aliphatic rings. The fourth-order valence-electron chi connectivity index (χ4n) is 4.69. The standard InChI is InChI=1S/C17H31N3O3/c1-6-7-8-19-13(22)17(18-14(19)23)11-15(2,3)20(9-10-21)16(4,5)12-17/h21H,6-12H2,1-5H3,(H,18,23). The summed E-state index contributed by atoms with van der Waals surface area (Å²) in [5.41, 5.74) is -1.38. The molecule has 0 aromatic heterocycles. The molecule has 0 aromatic carbocycles. The average molecular weight is 325 g/mol. The smallest absolute Gasteiger partial charge is 0.325 e. The first-order valence-electron chi connectivity index (χ1n) is 8.62. The molecule has 0 atom stereocenters. The predicted octanol–water partition coefficient (Wildman–Crippen LogP) is 1.72. The SMILES string of the molecule is CCCCN1C(=O)NC2(CC(C)(C)N(CCO)C(C)(C)C2)C1=O. The number of carbonyl (C=O) groups excluding carboxylic acids is 2. The van der Waals surface area contributed by atoms with E-state index in [1.54, 1.807) is 0 Å². The Morgan fingerprint density at radius 2 is 1.65 bits per heavy atom. The zero-order valence-corrected chi connectivity index (χ0v) is 15.1. The maximum Gasteiger partial charge on any atom is 0.325 e. The van der Waals surface area contributed by atoms with E-state index in [9.17, 15) is 14.7 Å². The van der Waals surface area contributed by atoms with Gasteiger partial charge in [-0.15, -0.1) is 0 Å². The highest BCUT2D eigenvalue weighted by Crippen LogP contribution is 2.45. The molecular formula is C17H31N3O3. The molecule has 2 rings (SSSR count). The number of likely N-dealkylation sites (tertiary alicyclic amines) is 1. The lowest BCUT2D eigenvalue weighted by Gasteiger charge is -2.57. The van der Waals surface area contributed by atoms with Crippen molar-refractivity contribution in [3.05, 3.63) is 0 Å². The van der Waals surface area contributed by atoms with Gasteiger partial charge in [0.2, 0.25) is 0 Å². The number of piperidine rings is 1. The van der Waals surface area contributed by atoms with Crippen molar-refractivity contribution in [2.45, 2.75) is 76.9 Å². The number of imide groups is 1. The van der Waals surface area contributed by atoms with Gasteiger partial charge < -0.3 is 10.4 Å². The van der Waals surface area contributed by atoms with Crippen molar-refractivity contribution in [2.24, 2.45) is 0 Å². The monoisotopic (exact) mass is 325 g/mol. The van der Waals surface area contributed by atoms with Gasteiger partial charge in [0.15, 0.2) is 0 Å². The Bertz CT molecular complexity index is 469. The van der Waals surface area contributed by atoms with Crippen LogP contribution in [0.5, 0.6) is 0 Å². The molecule has 6 nitrogen and oxygen atoms in total. The minimum Gasteiger partial charge on any atom is -0.395 e. The quantitative estimate of drug-likeness (QED) is 0.755.